The summed E-state index contributed by atoms with van der Waals surface area (Å²) in [6.45, 7) is -0.159. The molecule has 2 aliphatic rings. The molecule has 2 N–H and O–H groups in total. The number of carbonyl (C=O) groups is 2. The third kappa shape index (κ3) is 7.33. The number of aliphatic hydroxyl groups excluding tert-OH is 1. The van der Waals surface area contributed by atoms with Crippen molar-refractivity contribution in [2.75, 3.05) is 17.6 Å². The number of benzene rings is 3. The zero-order valence-electron chi connectivity index (χ0n) is 22.6. The van der Waals surface area contributed by atoms with Gasteiger partial charge in [0.1, 0.15) is 6.04 Å². The number of hydrogen-bond donors (Lipinski definition) is 2. The Bertz CT molecular complexity index is 1360. The molecule has 0 unspecified atom stereocenters. The summed E-state index contributed by atoms with van der Waals surface area (Å²) < 4.78 is 51.6. The Morgan fingerprint density at radius 2 is 1.64 bits per heavy atom. The number of amides is 2. The van der Waals surface area contributed by atoms with Crippen LogP contribution in [0.4, 0.5) is 18.9 Å². The highest BCUT2D eigenvalue weighted by molar-refractivity contribution is 7.99. The van der Waals surface area contributed by atoms with Crippen LogP contribution in [0.25, 0.3) is 0 Å². The predicted octanol–water partition coefficient (Wildman–Crippen LogP) is 6.01. The molecule has 3 aromatic rings. The van der Waals surface area contributed by atoms with Gasteiger partial charge in [0.25, 0.3) is 0 Å². The van der Waals surface area contributed by atoms with E-state index in [-0.39, 0.29) is 31.8 Å². The van der Waals surface area contributed by atoms with Gasteiger partial charge in [0, 0.05) is 34.9 Å². The largest absolute Gasteiger partial charge is 0.471 e. The van der Waals surface area contributed by atoms with E-state index in [0.29, 0.717) is 34.7 Å². The van der Waals surface area contributed by atoms with Crippen LogP contribution in [0.5, 0.6) is 0 Å². The lowest BCUT2D eigenvalue weighted by atomic mass is 10.0. The van der Waals surface area contributed by atoms with Gasteiger partial charge in [0.15, 0.2) is 6.29 Å². The second-order valence-electron chi connectivity index (χ2n) is 10.2. The minimum absolute atomic E-state index is 0.0474. The van der Waals surface area contributed by atoms with E-state index in [1.54, 1.807) is 36.0 Å². The van der Waals surface area contributed by atoms with Gasteiger partial charge < -0.3 is 24.8 Å². The van der Waals surface area contributed by atoms with E-state index in [9.17, 15) is 27.9 Å². The van der Waals surface area contributed by atoms with Crippen LogP contribution in [0.15, 0.2) is 83.8 Å². The Morgan fingerprint density at radius 3 is 2.31 bits per heavy atom. The predicted molar refractivity (Wildman–Crippen MR) is 151 cm³/mol. The van der Waals surface area contributed by atoms with Crippen molar-refractivity contribution in [3.8, 4) is 0 Å². The third-order valence-corrected chi connectivity index (χ3v) is 8.45. The van der Waals surface area contributed by atoms with E-state index < -0.39 is 30.3 Å². The number of alkyl halides is 3. The van der Waals surface area contributed by atoms with E-state index in [0.717, 1.165) is 16.0 Å². The Kier molecular flexibility index (Phi) is 9.52. The summed E-state index contributed by atoms with van der Waals surface area (Å²) in [5.41, 5.74) is 2.88. The van der Waals surface area contributed by atoms with Crippen molar-refractivity contribution >= 4 is 29.3 Å². The summed E-state index contributed by atoms with van der Waals surface area (Å²) in [5.74, 6) is -1.95. The van der Waals surface area contributed by atoms with Crippen molar-refractivity contribution in [3.63, 3.8) is 0 Å². The molecular formula is C31H31F3N2O5S. The van der Waals surface area contributed by atoms with Crippen LogP contribution in [-0.2, 0) is 25.7 Å². The van der Waals surface area contributed by atoms with Crippen LogP contribution in [0.3, 0.4) is 0 Å². The van der Waals surface area contributed by atoms with Crippen LogP contribution in [-0.4, -0.2) is 52.4 Å². The molecule has 7 nitrogen and oxygen atoms in total. The fourth-order valence-corrected chi connectivity index (χ4v) is 6.07. The van der Waals surface area contributed by atoms with E-state index in [4.69, 9.17) is 9.47 Å². The summed E-state index contributed by atoms with van der Waals surface area (Å²) >= 11 is 1.69. The zero-order chi connectivity index (χ0) is 29.7. The number of nitrogens with zero attached hydrogens (tertiary/aromatic N) is 1. The highest BCUT2D eigenvalue weighted by Crippen LogP contribution is 2.39. The molecule has 0 aliphatic carbocycles. The Morgan fingerprint density at radius 1 is 0.952 bits per heavy atom. The van der Waals surface area contributed by atoms with Crippen molar-refractivity contribution < 1.29 is 37.3 Å². The number of halogens is 3. The lowest BCUT2D eigenvalue weighted by molar-refractivity contribution is -0.245. The monoisotopic (exact) mass is 600 g/mol. The number of rotatable bonds is 8. The van der Waals surface area contributed by atoms with Crippen LogP contribution in [0.1, 0.15) is 48.3 Å². The quantitative estimate of drug-likeness (QED) is 0.308. The Balaban J connectivity index is 1.28. The molecule has 0 radical (unpaired) electrons. The van der Waals surface area contributed by atoms with Gasteiger partial charge in [0.05, 0.1) is 18.8 Å². The number of likely N-dealkylation sites (tertiary alicyclic amines) is 1. The summed E-state index contributed by atoms with van der Waals surface area (Å²) in [6.07, 6.45) is -4.98. The molecule has 4 atom stereocenters. The second kappa shape index (κ2) is 13.3. The summed E-state index contributed by atoms with van der Waals surface area (Å²) in [7, 11) is 0. The number of aliphatic hydroxyl groups is 1. The molecular weight excluding hydrogens is 569 g/mol. The Hall–Kier alpha value is -3.38. The fourth-order valence-electron chi connectivity index (χ4n) is 5.12. The van der Waals surface area contributed by atoms with Crippen LogP contribution >= 0.6 is 11.8 Å². The van der Waals surface area contributed by atoms with Gasteiger partial charge in [0.2, 0.25) is 5.91 Å². The molecule has 0 spiro atoms. The molecule has 2 aliphatic heterocycles. The smallest absolute Gasteiger partial charge is 0.392 e. The highest BCUT2D eigenvalue weighted by Gasteiger charge is 2.47. The van der Waals surface area contributed by atoms with Crippen molar-refractivity contribution in [1.82, 2.24) is 4.90 Å². The lowest BCUT2D eigenvalue weighted by Crippen LogP contribution is -2.48. The molecule has 3 aromatic carbocycles. The maximum Gasteiger partial charge on any atom is 0.471 e. The molecule has 0 aromatic heterocycles. The average molecular weight is 601 g/mol. The minimum Gasteiger partial charge on any atom is -0.392 e. The number of anilines is 1. The van der Waals surface area contributed by atoms with Crippen LogP contribution in [0.2, 0.25) is 0 Å². The molecule has 2 fully saturated rings. The van der Waals surface area contributed by atoms with Gasteiger partial charge in [-0.3, -0.25) is 9.59 Å². The Labute approximate surface area is 246 Å². The first-order valence-corrected chi connectivity index (χ1v) is 14.7. The normalized spacial score (nSPS) is 22.6. The molecule has 2 heterocycles. The molecule has 2 amide bonds. The SMILES string of the molecule is O=C(Nc1ccc([C@@H]2O[C@H](CSc3ccccc3)C[C@H](c3ccc(CO)cc3)O2)cc1)[C@@H]1CCCN1C(=O)C(F)(F)F. The maximum atomic E-state index is 13.0. The first-order valence-electron chi connectivity index (χ1n) is 13.7. The van der Waals surface area contributed by atoms with Crippen molar-refractivity contribution in [2.24, 2.45) is 0 Å². The van der Waals surface area contributed by atoms with Crippen molar-refractivity contribution in [3.05, 3.63) is 95.6 Å². The summed E-state index contributed by atoms with van der Waals surface area (Å²) in [5, 5.41) is 12.1. The second-order valence-corrected chi connectivity index (χ2v) is 11.3. The fraction of sp³-hybridized carbons (Fsp3) is 0.355. The van der Waals surface area contributed by atoms with Crippen LogP contribution < -0.4 is 5.32 Å². The molecule has 5 rings (SSSR count). The number of thioether (sulfide) groups is 1. The molecule has 222 valence electrons. The first-order chi connectivity index (χ1) is 20.2. The molecule has 11 heteroatoms. The zero-order valence-corrected chi connectivity index (χ0v) is 23.4. The van der Waals surface area contributed by atoms with Gasteiger partial charge in [-0.25, -0.2) is 0 Å². The van der Waals surface area contributed by atoms with Gasteiger partial charge in [-0.2, -0.15) is 13.2 Å². The topological polar surface area (TPSA) is 88.1 Å². The maximum absolute atomic E-state index is 13.0. The molecule has 0 bridgehead atoms. The molecule has 2 saturated heterocycles. The number of hydrogen-bond acceptors (Lipinski definition) is 6. The first kappa shape index (κ1) is 30.1. The summed E-state index contributed by atoms with van der Waals surface area (Å²) in [6, 6.07) is 23.2. The third-order valence-electron chi connectivity index (χ3n) is 7.30. The van der Waals surface area contributed by atoms with Gasteiger partial charge in [-0.05, 0) is 48.2 Å². The summed E-state index contributed by atoms with van der Waals surface area (Å²) in [4.78, 5) is 26.3. The molecule has 42 heavy (non-hydrogen) atoms. The minimum atomic E-state index is -5.03. The average Bonchev–Trinajstić information content (AvgIpc) is 3.50. The number of nitrogens with one attached hydrogen (secondary N) is 1. The lowest BCUT2D eigenvalue weighted by Gasteiger charge is -2.36. The van der Waals surface area contributed by atoms with E-state index >= 15 is 0 Å². The van der Waals surface area contributed by atoms with Gasteiger partial charge in [-0.15, -0.1) is 11.8 Å². The standard InChI is InChI=1S/C31H31F3N2O5S/c32-31(33,34)30(39)36-16-4-7-26(36)28(38)35-23-14-12-22(13-15-23)29-40-24(19-42-25-5-2-1-3-6-25)17-27(41-29)21-10-8-20(18-37)9-11-21/h1-3,5-6,8-15,24,26-27,29,37H,4,7,16-19H2,(H,35,38)/t24-,26-,27+,29+/m0/s1. The molecule has 0 saturated carbocycles. The van der Waals surface area contributed by atoms with Crippen molar-refractivity contribution in [1.29, 1.82) is 0 Å². The van der Waals surface area contributed by atoms with E-state index in [1.165, 1.54) is 0 Å². The number of ether oxygens (including phenoxy) is 2. The van der Waals surface area contributed by atoms with Crippen LogP contribution in [0, 0.1) is 0 Å². The van der Waals surface area contributed by atoms with Gasteiger partial charge >= 0.3 is 12.1 Å². The van der Waals surface area contributed by atoms with E-state index in [1.807, 2.05) is 54.6 Å². The number of carbonyl (C=O) groups excluding carboxylic acids is 2. The van der Waals surface area contributed by atoms with Crippen molar-refractivity contribution in [2.45, 2.75) is 61.5 Å². The van der Waals surface area contributed by atoms with E-state index in [2.05, 4.69) is 5.32 Å². The highest BCUT2D eigenvalue weighted by atomic mass is 32.2. The van der Waals surface area contributed by atoms with Gasteiger partial charge in [-0.1, -0.05) is 54.6 Å².